The number of aryl methyl sites for hydroxylation is 1. The van der Waals surface area contributed by atoms with Gasteiger partial charge in [0.05, 0.1) is 10.6 Å². The number of amides is 1. The number of para-hydroxylation sites is 1. The molecule has 1 aliphatic rings. The molecule has 7 nitrogen and oxygen atoms in total. The van der Waals surface area contributed by atoms with Crippen LogP contribution >= 0.6 is 11.6 Å². The van der Waals surface area contributed by atoms with Crippen LogP contribution in [0.3, 0.4) is 0 Å². The number of halogens is 1. The third kappa shape index (κ3) is 3.87. The van der Waals surface area contributed by atoms with Crippen LogP contribution in [-0.4, -0.2) is 25.7 Å². The van der Waals surface area contributed by atoms with Crippen LogP contribution in [0.1, 0.15) is 24.1 Å². The van der Waals surface area contributed by atoms with E-state index in [9.17, 15) is 4.79 Å². The Morgan fingerprint density at radius 2 is 1.85 bits per heavy atom. The minimum atomic E-state index is -0.511. The Morgan fingerprint density at radius 1 is 1.06 bits per heavy atom. The van der Waals surface area contributed by atoms with E-state index in [1.165, 1.54) is 0 Å². The van der Waals surface area contributed by atoms with E-state index >= 15 is 0 Å². The van der Waals surface area contributed by atoms with Crippen molar-refractivity contribution in [1.82, 2.24) is 19.7 Å². The molecule has 4 aromatic rings. The number of carbonyl (C=O) groups excluding carboxylic acids is 1. The van der Waals surface area contributed by atoms with Crippen molar-refractivity contribution in [3.05, 3.63) is 100 Å². The summed E-state index contributed by atoms with van der Waals surface area (Å²) in [6.45, 7) is 3.82. The lowest BCUT2D eigenvalue weighted by Gasteiger charge is -2.28. The van der Waals surface area contributed by atoms with Crippen LogP contribution in [0.5, 0.6) is 0 Å². The van der Waals surface area contributed by atoms with E-state index in [4.69, 9.17) is 16.7 Å². The van der Waals surface area contributed by atoms with Crippen LogP contribution in [0.4, 0.5) is 11.6 Å². The number of aromatic nitrogens is 4. The Morgan fingerprint density at radius 3 is 2.61 bits per heavy atom. The highest BCUT2D eigenvalue weighted by Gasteiger charge is 2.35. The molecule has 0 saturated heterocycles. The fraction of sp³-hybridized carbons (Fsp3) is 0.120. The number of hydrogen-bond donors (Lipinski definition) is 2. The van der Waals surface area contributed by atoms with Crippen LogP contribution in [-0.2, 0) is 4.79 Å². The number of rotatable bonds is 4. The number of nitrogens with zero attached hydrogens (tertiary/aromatic N) is 4. The van der Waals surface area contributed by atoms with Gasteiger partial charge in [0.25, 0.3) is 5.91 Å². The minimum Gasteiger partial charge on any atom is -0.328 e. The predicted octanol–water partition coefficient (Wildman–Crippen LogP) is 5.23. The van der Waals surface area contributed by atoms with Gasteiger partial charge in [-0.25, -0.2) is 4.68 Å². The maximum atomic E-state index is 13.5. The summed E-state index contributed by atoms with van der Waals surface area (Å²) in [4.78, 5) is 22.5. The molecule has 0 bridgehead atoms. The van der Waals surface area contributed by atoms with Crippen molar-refractivity contribution in [2.45, 2.75) is 19.9 Å². The second-order valence-electron chi connectivity index (χ2n) is 7.81. The lowest BCUT2D eigenvalue weighted by Crippen LogP contribution is -2.31. The fourth-order valence-corrected chi connectivity index (χ4v) is 4.17. The molecule has 2 N–H and O–H groups in total. The van der Waals surface area contributed by atoms with E-state index in [2.05, 4.69) is 20.6 Å². The van der Waals surface area contributed by atoms with Gasteiger partial charge in [0.1, 0.15) is 6.04 Å². The first-order valence-corrected chi connectivity index (χ1v) is 10.9. The molecule has 1 aliphatic heterocycles. The average molecular weight is 457 g/mol. The Labute approximate surface area is 196 Å². The molecule has 0 radical (unpaired) electrons. The summed E-state index contributed by atoms with van der Waals surface area (Å²) < 4.78 is 1.72. The molecule has 1 amide bonds. The second kappa shape index (κ2) is 8.52. The zero-order valence-corrected chi connectivity index (χ0v) is 18.8. The summed E-state index contributed by atoms with van der Waals surface area (Å²) in [6.07, 6.45) is 3.44. The molecule has 164 valence electrons. The first kappa shape index (κ1) is 20.9. The van der Waals surface area contributed by atoms with Gasteiger partial charge in [0.15, 0.2) is 5.82 Å². The number of benzene rings is 2. The summed E-state index contributed by atoms with van der Waals surface area (Å²) in [5.41, 5.74) is 4.51. The molecule has 2 aromatic carbocycles. The van der Waals surface area contributed by atoms with Crippen molar-refractivity contribution in [2.24, 2.45) is 0 Å². The van der Waals surface area contributed by atoms with E-state index < -0.39 is 6.04 Å². The van der Waals surface area contributed by atoms with E-state index in [-0.39, 0.29) is 5.91 Å². The average Bonchev–Trinajstić information content (AvgIpc) is 3.23. The van der Waals surface area contributed by atoms with Crippen LogP contribution in [0, 0.1) is 6.92 Å². The van der Waals surface area contributed by atoms with Crippen molar-refractivity contribution in [3.63, 3.8) is 0 Å². The van der Waals surface area contributed by atoms with Gasteiger partial charge in [-0.3, -0.25) is 9.78 Å². The minimum absolute atomic E-state index is 0.219. The van der Waals surface area contributed by atoms with Gasteiger partial charge in [-0.2, -0.15) is 4.98 Å². The SMILES string of the molecule is CC1=C(C(=O)Nc2ccccc2C)[C@H](c2cccnc2)n2nc(-c3ccccc3Cl)nc2N1. The van der Waals surface area contributed by atoms with Crippen LogP contribution in [0.15, 0.2) is 84.3 Å². The van der Waals surface area contributed by atoms with E-state index in [1.54, 1.807) is 23.1 Å². The monoisotopic (exact) mass is 456 g/mol. The van der Waals surface area contributed by atoms with E-state index in [1.807, 2.05) is 68.4 Å². The molecule has 2 aromatic heterocycles. The van der Waals surface area contributed by atoms with Crippen LogP contribution in [0.2, 0.25) is 5.02 Å². The van der Waals surface area contributed by atoms with Crippen molar-refractivity contribution in [3.8, 4) is 11.4 Å². The molecule has 8 heteroatoms. The maximum absolute atomic E-state index is 13.5. The first-order chi connectivity index (χ1) is 16.0. The van der Waals surface area contributed by atoms with Gasteiger partial charge in [-0.15, -0.1) is 5.10 Å². The molecule has 0 saturated carbocycles. The van der Waals surface area contributed by atoms with Gasteiger partial charge in [-0.1, -0.05) is 48.0 Å². The number of allylic oxidation sites excluding steroid dienone is 1. The lowest BCUT2D eigenvalue weighted by atomic mass is 9.96. The molecular weight excluding hydrogens is 436 g/mol. The molecule has 5 rings (SSSR count). The number of anilines is 2. The molecular formula is C25H21ClN6O. The number of carbonyl (C=O) groups is 1. The van der Waals surface area contributed by atoms with Gasteiger partial charge < -0.3 is 10.6 Å². The predicted molar refractivity (Wildman–Crippen MR) is 129 cm³/mol. The summed E-state index contributed by atoms with van der Waals surface area (Å²) >= 11 is 6.39. The lowest BCUT2D eigenvalue weighted by molar-refractivity contribution is -0.113. The number of fused-ring (bicyclic) bond motifs is 1. The molecule has 33 heavy (non-hydrogen) atoms. The van der Waals surface area contributed by atoms with E-state index in [0.717, 1.165) is 22.4 Å². The highest BCUT2D eigenvalue weighted by molar-refractivity contribution is 6.33. The number of nitrogens with one attached hydrogen (secondary N) is 2. The van der Waals surface area contributed by atoms with Gasteiger partial charge in [0.2, 0.25) is 5.95 Å². The molecule has 0 unspecified atom stereocenters. The van der Waals surface area contributed by atoms with Crippen LogP contribution < -0.4 is 10.6 Å². The normalized spacial score (nSPS) is 15.1. The first-order valence-electron chi connectivity index (χ1n) is 10.5. The topological polar surface area (TPSA) is 84.7 Å². The van der Waals surface area contributed by atoms with Gasteiger partial charge in [-0.05, 0) is 49.2 Å². The maximum Gasteiger partial charge on any atom is 0.255 e. The highest BCUT2D eigenvalue weighted by atomic mass is 35.5. The summed E-state index contributed by atoms with van der Waals surface area (Å²) in [7, 11) is 0. The zero-order valence-electron chi connectivity index (χ0n) is 18.1. The van der Waals surface area contributed by atoms with Gasteiger partial charge in [0, 0.05) is 29.3 Å². The molecule has 3 heterocycles. The number of pyridine rings is 1. The summed E-state index contributed by atoms with van der Waals surface area (Å²) in [5, 5.41) is 11.6. The van der Waals surface area contributed by atoms with Crippen molar-refractivity contribution in [2.75, 3.05) is 10.6 Å². The highest BCUT2D eigenvalue weighted by Crippen LogP contribution is 2.37. The molecule has 0 fully saturated rings. The zero-order chi connectivity index (χ0) is 22.9. The van der Waals surface area contributed by atoms with Crippen molar-refractivity contribution in [1.29, 1.82) is 0 Å². The molecule has 1 atom stereocenters. The Balaban J connectivity index is 1.61. The second-order valence-corrected chi connectivity index (χ2v) is 8.21. The van der Waals surface area contributed by atoms with Crippen LogP contribution in [0.25, 0.3) is 11.4 Å². The third-order valence-corrected chi connectivity index (χ3v) is 5.93. The Kier molecular flexibility index (Phi) is 5.40. The quantitative estimate of drug-likeness (QED) is 0.439. The van der Waals surface area contributed by atoms with Gasteiger partial charge >= 0.3 is 0 Å². The summed E-state index contributed by atoms with van der Waals surface area (Å²) in [6, 6.07) is 18.4. The van der Waals surface area contributed by atoms with Crippen molar-refractivity contribution >= 4 is 29.1 Å². The Hall–Kier alpha value is -3.97. The van der Waals surface area contributed by atoms with E-state index in [0.29, 0.717) is 28.1 Å². The standard InChI is InChI=1S/C25H21ClN6O/c1-15-8-3-6-12-20(15)29-24(33)21-16(2)28-25-30-23(18-10-4-5-11-19(18)26)31-32(25)22(21)17-9-7-13-27-14-17/h3-14,22H,1-2H3,(H,29,33)(H,28,30,31)/t22-/m0/s1. The smallest absolute Gasteiger partial charge is 0.255 e. The largest absolute Gasteiger partial charge is 0.328 e. The number of hydrogen-bond acceptors (Lipinski definition) is 5. The fourth-order valence-electron chi connectivity index (χ4n) is 3.95. The molecule has 0 aliphatic carbocycles. The Bertz CT molecular complexity index is 1380. The molecule has 0 spiro atoms. The third-order valence-electron chi connectivity index (χ3n) is 5.61. The van der Waals surface area contributed by atoms with Crippen molar-refractivity contribution < 1.29 is 4.79 Å². The summed E-state index contributed by atoms with van der Waals surface area (Å²) in [5.74, 6) is 0.790.